The highest BCUT2D eigenvalue weighted by molar-refractivity contribution is 5.94. The van der Waals surface area contributed by atoms with Crippen LogP contribution in [0.5, 0.6) is 0 Å². The summed E-state index contributed by atoms with van der Waals surface area (Å²) in [4.78, 5) is 31.0. The van der Waals surface area contributed by atoms with E-state index in [4.69, 9.17) is 0 Å². The van der Waals surface area contributed by atoms with E-state index in [9.17, 15) is 18.0 Å². The van der Waals surface area contributed by atoms with Crippen LogP contribution in [0.2, 0.25) is 0 Å². The lowest BCUT2D eigenvalue weighted by Crippen LogP contribution is -2.37. The van der Waals surface area contributed by atoms with Crippen LogP contribution in [-0.2, 0) is 6.18 Å². The van der Waals surface area contributed by atoms with Crippen molar-refractivity contribution >= 4 is 5.91 Å². The fourth-order valence-corrected chi connectivity index (χ4v) is 3.33. The number of pyridine rings is 1. The molecule has 162 valence electrons. The Hall–Kier alpha value is -3.37. The summed E-state index contributed by atoms with van der Waals surface area (Å²) >= 11 is 0. The summed E-state index contributed by atoms with van der Waals surface area (Å²) in [5.74, 6) is 0.501. The lowest BCUT2D eigenvalue weighted by Gasteiger charge is -2.29. The standard InChI is InChI=1S/C20H20F3N7O/c1-12-8-15(9-16(28-12)20(21,22)23)18(31)29(10-14-4-5-14)13(2)17-26-11-27-30(17)19-24-6-3-7-25-19/h3,6-9,11,13-14H,4-5,10H2,1-2H3. The van der Waals surface area contributed by atoms with Crippen molar-refractivity contribution in [3.63, 3.8) is 0 Å². The van der Waals surface area contributed by atoms with E-state index in [-0.39, 0.29) is 11.3 Å². The van der Waals surface area contributed by atoms with Gasteiger partial charge in [0.25, 0.3) is 11.9 Å². The van der Waals surface area contributed by atoms with Gasteiger partial charge >= 0.3 is 6.18 Å². The molecule has 1 saturated carbocycles. The number of carbonyl (C=O) groups is 1. The monoisotopic (exact) mass is 431 g/mol. The molecule has 1 atom stereocenters. The molecule has 0 bridgehead atoms. The molecule has 8 nitrogen and oxygen atoms in total. The van der Waals surface area contributed by atoms with E-state index in [0.29, 0.717) is 24.2 Å². The lowest BCUT2D eigenvalue weighted by molar-refractivity contribution is -0.141. The molecule has 1 unspecified atom stereocenters. The third-order valence-electron chi connectivity index (χ3n) is 5.06. The molecule has 11 heteroatoms. The number of aromatic nitrogens is 6. The zero-order valence-corrected chi connectivity index (χ0v) is 16.9. The average Bonchev–Trinajstić information content (AvgIpc) is 3.43. The fraction of sp³-hybridized carbons (Fsp3) is 0.400. The molecule has 1 aliphatic carbocycles. The van der Waals surface area contributed by atoms with E-state index in [1.54, 1.807) is 25.4 Å². The zero-order valence-electron chi connectivity index (χ0n) is 16.9. The first-order chi connectivity index (χ1) is 14.7. The first-order valence-corrected chi connectivity index (χ1v) is 9.78. The maximum Gasteiger partial charge on any atom is 0.433 e. The highest BCUT2D eigenvalue weighted by Crippen LogP contribution is 2.34. The quantitative estimate of drug-likeness (QED) is 0.594. The van der Waals surface area contributed by atoms with Gasteiger partial charge in [-0.25, -0.2) is 19.9 Å². The Morgan fingerprint density at radius 3 is 2.58 bits per heavy atom. The largest absolute Gasteiger partial charge is 0.433 e. The molecule has 1 aliphatic rings. The topological polar surface area (TPSA) is 89.7 Å². The number of alkyl halides is 3. The molecule has 3 aromatic heterocycles. The minimum atomic E-state index is -4.64. The summed E-state index contributed by atoms with van der Waals surface area (Å²) in [6, 6.07) is 3.26. The number of aryl methyl sites for hydroxylation is 1. The Labute approximate surface area is 176 Å². The number of carbonyl (C=O) groups excluding carboxylic acids is 1. The molecule has 3 heterocycles. The predicted octanol–water partition coefficient (Wildman–Crippen LogP) is 3.39. The van der Waals surface area contributed by atoms with Crippen molar-refractivity contribution in [2.75, 3.05) is 6.54 Å². The molecule has 0 saturated heterocycles. The SMILES string of the molecule is Cc1cc(C(=O)N(CC2CC2)C(C)c2ncnn2-c2ncccn2)cc(C(F)(F)F)n1. The molecule has 3 aromatic rings. The lowest BCUT2D eigenvalue weighted by atomic mass is 10.1. The molecular formula is C20H20F3N7O. The summed E-state index contributed by atoms with van der Waals surface area (Å²) < 4.78 is 41.1. The number of hydrogen-bond donors (Lipinski definition) is 0. The molecule has 0 N–H and O–H groups in total. The maximum absolute atomic E-state index is 13.4. The predicted molar refractivity (Wildman–Crippen MR) is 103 cm³/mol. The third-order valence-corrected chi connectivity index (χ3v) is 5.06. The van der Waals surface area contributed by atoms with Gasteiger partial charge in [0.2, 0.25) is 0 Å². The number of amides is 1. The Bertz CT molecular complexity index is 1080. The number of halogens is 3. The van der Waals surface area contributed by atoms with Gasteiger partial charge in [0.15, 0.2) is 5.82 Å². The molecular weight excluding hydrogens is 411 g/mol. The molecule has 0 radical (unpaired) electrons. The Morgan fingerprint density at radius 1 is 1.23 bits per heavy atom. The van der Waals surface area contributed by atoms with Crippen molar-refractivity contribution in [1.29, 1.82) is 0 Å². The second kappa shape index (κ2) is 8.05. The number of rotatable bonds is 6. The minimum absolute atomic E-state index is 0.0608. The molecule has 0 aliphatic heterocycles. The Kier molecular flexibility index (Phi) is 5.42. The van der Waals surface area contributed by atoms with Gasteiger partial charge in [0, 0.05) is 30.2 Å². The van der Waals surface area contributed by atoms with Crippen LogP contribution in [0.3, 0.4) is 0 Å². The normalized spacial score (nSPS) is 15.0. The van der Waals surface area contributed by atoms with Gasteiger partial charge in [0.05, 0.1) is 6.04 Å². The van der Waals surface area contributed by atoms with Gasteiger partial charge in [0.1, 0.15) is 12.0 Å². The van der Waals surface area contributed by atoms with Crippen LogP contribution in [0, 0.1) is 12.8 Å². The maximum atomic E-state index is 13.4. The van der Waals surface area contributed by atoms with Gasteiger partial charge in [-0.05, 0) is 50.8 Å². The van der Waals surface area contributed by atoms with Crippen LogP contribution in [-0.4, -0.2) is 47.1 Å². The van der Waals surface area contributed by atoms with E-state index < -0.39 is 23.8 Å². The van der Waals surface area contributed by atoms with Crippen LogP contribution >= 0.6 is 0 Å². The van der Waals surface area contributed by atoms with Gasteiger partial charge in [-0.2, -0.15) is 23.0 Å². The average molecular weight is 431 g/mol. The van der Waals surface area contributed by atoms with Crippen molar-refractivity contribution in [3.05, 3.63) is 59.7 Å². The first-order valence-electron chi connectivity index (χ1n) is 9.78. The first kappa shape index (κ1) is 20.9. The molecule has 1 amide bonds. The smallest absolute Gasteiger partial charge is 0.328 e. The summed E-state index contributed by atoms with van der Waals surface area (Å²) in [7, 11) is 0. The Balaban J connectivity index is 1.70. The van der Waals surface area contributed by atoms with Gasteiger partial charge in [-0.3, -0.25) is 4.79 Å². The van der Waals surface area contributed by atoms with Gasteiger partial charge in [-0.1, -0.05) is 0 Å². The van der Waals surface area contributed by atoms with Crippen molar-refractivity contribution in [2.24, 2.45) is 5.92 Å². The van der Waals surface area contributed by atoms with E-state index in [2.05, 4.69) is 25.0 Å². The van der Waals surface area contributed by atoms with Crippen molar-refractivity contribution in [2.45, 2.75) is 38.9 Å². The van der Waals surface area contributed by atoms with Crippen LogP contribution < -0.4 is 0 Å². The highest BCUT2D eigenvalue weighted by atomic mass is 19.4. The number of hydrogen-bond acceptors (Lipinski definition) is 6. The number of nitrogens with zero attached hydrogens (tertiary/aromatic N) is 7. The van der Waals surface area contributed by atoms with Crippen LogP contribution in [0.4, 0.5) is 13.2 Å². The van der Waals surface area contributed by atoms with Crippen molar-refractivity contribution in [1.82, 2.24) is 34.6 Å². The summed E-state index contributed by atoms with van der Waals surface area (Å²) in [6.45, 7) is 3.61. The van der Waals surface area contributed by atoms with Gasteiger partial charge < -0.3 is 4.90 Å². The second-order valence-corrected chi connectivity index (χ2v) is 7.54. The second-order valence-electron chi connectivity index (χ2n) is 7.54. The van der Waals surface area contributed by atoms with Crippen molar-refractivity contribution in [3.8, 4) is 5.95 Å². The molecule has 4 rings (SSSR count). The van der Waals surface area contributed by atoms with Crippen LogP contribution in [0.25, 0.3) is 5.95 Å². The van der Waals surface area contributed by atoms with Crippen LogP contribution in [0.15, 0.2) is 36.9 Å². The zero-order chi connectivity index (χ0) is 22.2. The molecule has 0 aromatic carbocycles. The minimum Gasteiger partial charge on any atom is -0.328 e. The summed E-state index contributed by atoms with van der Waals surface area (Å²) in [5.41, 5.74) is -1.02. The Morgan fingerprint density at radius 2 is 1.94 bits per heavy atom. The molecule has 31 heavy (non-hydrogen) atoms. The summed E-state index contributed by atoms with van der Waals surface area (Å²) in [5, 5.41) is 4.16. The van der Waals surface area contributed by atoms with Crippen LogP contribution in [0.1, 0.15) is 53.4 Å². The van der Waals surface area contributed by atoms with Crippen molar-refractivity contribution < 1.29 is 18.0 Å². The third kappa shape index (κ3) is 4.54. The van der Waals surface area contributed by atoms with E-state index in [0.717, 1.165) is 18.9 Å². The molecule has 1 fully saturated rings. The van der Waals surface area contributed by atoms with E-state index in [1.165, 1.54) is 28.9 Å². The molecule has 0 spiro atoms. The fourth-order valence-electron chi connectivity index (χ4n) is 3.33. The highest BCUT2D eigenvalue weighted by Gasteiger charge is 2.36. The van der Waals surface area contributed by atoms with E-state index in [1.807, 2.05) is 0 Å². The van der Waals surface area contributed by atoms with E-state index >= 15 is 0 Å². The summed E-state index contributed by atoms with van der Waals surface area (Å²) in [6.07, 6.45) is 1.75. The van der Waals surface area contributed by atoms with Gasteiger partial charge in [-0.15, -0.1) is 0 Å².